The van der Waals surface area contributed by atoms with Crippen LogP contribution in [-0.4, -0.2) is 16.1 Å². The van der Waals surface area contributed by atoms with Crippen LogP contribution in [0.25, 0.3) is 10.4 Å². The molecule has 1 aromatic heterocycles. The van der Waals surface area contributed by atoms with Crippen molar-refractivity contribution in [1.82, 2.24) is 4.98 Å². The maximum absolute atomic E-state index is 10.5. The van der Waals surface area contributed by atoms with Crippen LogP contribution in [0.15, 0.2) is 34.9 Å². The molecule has 0 atom stereocenters. The molecule has 2 aromatic rings. The molecule has 0 bridgehead atoms. The van der Waals surface area contributed by atoms with Crippen molar-refractivity contribution in [1.29, 1.82) is 0 Å². The van der Waals surface area contributed by atoms with Crippen LogP contribution in [0.3, 0.4) is 0 Å². The summed E-state index contributed by atoms with van der Waals surface area (Å²) in [5.41, 5.74) is 1.10. The van der Waals surface area contributed by atoms with Gasteiger partial charge in [-0.3, -0.25) is 4.79 Å². The number of carboxylic acids is 1. The summed E-state index contributed by atoms with van der Waals surface area (Å²) in [7, 11) is 0. The van der Waals surface area contributed by atoms with Crippen LogP contribution in [-0.2, 0) is 11.2 Å². The second-order valence-corrected chi connectivity index (χ2v) is 5.55. The molecule has 1 aromatic carbocycles. The second-order valence-electron chi connectivity index (χ2n) is 3.52. The third kappa shape index (κ3) is 3.38. The summed E-state index contributed by atoms with van der Waals surface area (Å²) in [4.78, 5) is 15.8. The Morgan fingerprint density at radius 2 is 2.06 bits per heavy atom. The van der Waals surface area contributed by atoms with Crippen molar-refractivity contribution in [2.24, 2.45) is 0 Å². The van der Waals surface area contributed by atoms with Crippen LogP contribution in [0.5, 0.6) is 0 Å². The first-order valence-corrected chi connectivity index (χ1v) is 6.68. The van der Waals surface area contributed by atoms with E-state index in [0.29, 0.717) is 6.42 Å². The predicted molar refractivity (Wildman–Crippen MR) is 71.2 cm³/mol. The summed E-state index contributed by atoms with van der Waals surface area (Å²) in [5.74, 6) is -0.787. The number of aromatic nitrogens is 1. The van der Waals surface area contributed by atoms with E-state index in [0.717, 1.165) is 19.9 Å². The van der Waals surface area contributed by atoms with Gasteiger partial charge in [0.2, 0.25) is 0 Å². The highest BCUT2D eigenvalue weighted by Gasteiger charge is 2.06. The highest BCUT2D eigenvalue weighted by atomic mass is 79.9. The number of aryl methyl sites for hydroxylation is 1. The van der Waals surface area contributed by atoms with Gasteiger partial charge in [-0.2, -0.15) is 0 Å². The van der Waals surface area contributed by atoms with Gasteiger partial charge in [-0.15, -0.1) is 11.3 Å². The van der Waals surface area contributed by atoms with E-state index in [4.69, 9.17) is 5.11 Å². The highest BCUT2D eigenvalue weighted by Crippen LogP contribution is 2.27. The molecule has 1 heterocycles. The quantitative estimate of drug-likeness (QED) is 0.938. The lowest BCUT2D eigenvalue weighted by atomic mass is 10.2. The van der Waals surface area contributed by atoms with E-state index < -0.39 is 5.97 Å². The number of halogens is 1. The first-order valence-electron chi connectivity index (χ1n) is 5.07. The third-order valence-electron chi connectivity index (χ3n) is 2.24. The zero-order chi connectivity index (χ0) is 12.3. The third-order valence-corrected chi connectivity index (χ3v) is 3.87. The molecule has 0 fully saturated rings. The highest BCUT2D eigenvalue weighted by molar-refractivity contribution is 9.10. The van der Waals surface area contributed by atoms with Crippen LogP contribution in [0, 0.1) is 0 Å². The molecule has 0 aliphatic carbocycles. The van der Waals surface area contributed by atoms with Crippen molar-refractivity contribution >= 4 is 33.2 Å². The molecule has 17 heavy (non-hydrogen) atoms. The van der Waals surface area contributed by atoms with Gasteiger partial charge in [-0.25, -0.2) is 4.98 Å². The number of carboxylic acid groups (broad SMARTS) is 1. The van der Waals surface area contributed by atoms with Crippen LogP contribution in [0.4, 0.5) is 0 Å². The van der Waals surface area contributed by atoms with Crippen molar-refractivity contribution < 1.29 is 9.90 Å². The summed E-state index contributed by atoms with van der Waals surface area (Å²) in [6, 6.07) is 7.98. The fourth-order valence-electron chi connectivity index (χ4n) is 1.39. The standard InChI is InChI=1S/C12H10BrNO2S/c13-9-3-1-8(2-4-9)10-7-14-11(17-10)5-6-12(15)16/h1-4,7H,5-6H2,(H,15,16). The molecule has 0 aliphatic heterocycles. The Morgan fingerprint density at radius 1 is 1.35 bits per heavy atom. The fraction of sp³-hybridized carbons (Fsp3) is 0.167. The van der Waals surface area contributed by atoms with Gasteiger partial charge in [0.25, 0.3) is 0 Å². The molecule has 0 saturated heterocycles. The van der Waals surface area contributed by atoms with E-state index in [1.807, 2.05) is 24.3 Å². The first-order chi connectivity index (χ1) is 8.15. The summed E-state index contributed by atoms with van der Waals surface area (Å²) in [6.07, 6.45) is 2.43. The van der Waals surface area contributed by atoms with Gasteiger partial charge in [0.05, 0.1) is 16.3 Å². The summed E-state index contributed by atoms with van der Waals surface area (Å²) < 4.78 is 1.04. The lowest BCUT2D eigenvalue weighted by Crippen LogP contribution is -1.96. The largest absolute Gasteiger partial charge is 0.481 e. The monoisotopic (exact) mass is 311 g/mol. The molecule has 5 heteroatoms. The number of rotatable bonds is 4. The van der Waals surface area contributed by atoms with Crippen molar-refractivity contribution in [3.05, 3.63) is 39.9 Å². The lowest BCUT2D eigenvalue weighted by molar-refractivity contribution is -0.136. The van der Waals surface area contributed by atoms with Crippen LogP contribution < -0.4 is 0 Å². The van der Waals surface area contributed by atoms with Crippen molar-refractivity contribution in [3.8, 4) is 10.4 Å². The fourth-order valence-corrected chi connectivity index (χ4v) is 2.57. The summed E-state index contributed by atoms with van der Waals surface area (Å²) >= 11 is 4.93. The smallest absolute Gasteiger partial charge is 0.303 e. The van der Waals surface area contributed by atoms with Gasteiger partial charge in [0, 0.05) is 17.1 Å². The number of hydrogen-bond acceptors (Lipinski definition) is 3. The van der Waals surface area contributed by atoms with Gasteiger partial charge in [-0.05, 0) is 17.7 Å². The molecular formula is C12H10BrNO2S. The molecule has 0 saturated carbocycles. The Balaban J connectivity index is 2.12. The van der Waals surface area contributed by atoms with Crippen molar-refractivity contribution in [2.45, 2.75) is 12.8 Å². The van der Waals surface area contributed by atoms with E-state index in [1.54, 1.807) is 17.5 Å². The normalized spacial score (nSPS) is 10.4. The van der Waals surface area contributed by atoms with E-state index in [2.05, 4.69) is 20.9 Å². The molecule has 0 radical (unpaired) electrons. The maximum Gasteiger partial charge on any atom is 0.303 e. The minimum atomic E-state index is -0.787. The maximum atomic E-state index is 10.5. The topological polar surface area (TPSA) is 50.2 Å². The van der Waals surface area contributed by atoms with Gasteiger partial charge in [-0.1, -0.05) is 28.1 Å². The zero-order valence-corrected chi connectivity index (χ0v) is 11.3. The SMILES string of the molecule is O=C(O)CCc1ncc(-c2ccc(Br)cc2)s1. The molecule has 3 nitrogen and oxygen atoms in total. The Morgan fingerprint density at radius 3 is 2.71 bits per heavy atom. The summed E-state index contributed by atoms with van der Waals surface area (Å²) in [5, 5.41) is 9.47. The van der Waals surface area contributed by atoms with Crippen LogP contribution in [0.2, 0.25) is 0 Å². The number of thiazole rings is 1. The minimum Gasteiger partial charge on any atom is -0.481 e. The Labute approximate surface area is 111 Å². The van der Waals surface area contributed by atoms with E-state index in [-0.39, 0.29) is 6.42 Å². The predicted octanol–water partition coefficient (Wildman–Crippen LogP) is 3.59. The van der Waals surface area contributed by atoms with Crippen molar-refractivity contribution in [3.63, 3.8) is 0 Å². The molecule has 0 amide bonds. The Kier molecular flexibility index (Phi) is 3.91. The van der Waals surface area contributed by atoms with E-state index >= 15 is 0 Å². The lowest BCUT2D eigenvalue weighted by Gasteiger charge is -1.96. The van der Waals surface area contributed by atoms with Crippen LogP contribution >= 0.6 is 27.3 Å². The average molecular weight is 312 g/mol. The van der Waals surface area contributed by atoms with E-state index in [1.165, 1.54) is 0 Å². The average Bonchev–Trinajstić information content (AvgIpc) is 2.76. The second kappa shape index (κ2) is 5.42. The number of carbonyl (C=O) groups is 1. The first kappa shape index (κ1) is 12.3. The number of hydrogen-bond donors (Lipinski definition) is 1. The van der Waals surface area contributed by atoms with Gasteiger partial charge in [0.15, 0.2) is 0 Å². The Hall–Kier alpha value is -1.20. The Bertz CT molecular complexity index is 522. The zero-order valence-electron chi connectivity index (χ0n) is 8.89. The van der Waals surface area contributed by atoms with Gasteiger partial charge in [0.1, 0.15) is 0 Å². The van der Waals surface area contributed by atoms with E-state index in [9.17, 15) is 4.79 Å². The molecule has 0 aliphatic rings. The molecule has 88 valence electrons. The molecular weight excluding hydrogens is 302 g/mol. The molecule has 0 unspecified atom stereocenters. The molecule has 2 rings (SSSR count). The van der Waals surface area contributed by atoms with Gasteiger partial charge < -0.3 is 5.11 Å². The van der Waals surface area contributed by atoms with Crippen molar-refractivity contribution in [2.75, 3.05) is 0 Å². The van der Waals surface area contributed by atoms with Gasteiger partial charge >= 0.3 is 5.97 Å². The number of nitrogens with zero attached hydrogens (tertiary/aromatic N) is 1. The molecule has 0 spiro atoms. The number of benzene rings is 1. The number of aliphatic carboxylic acids is 1. The minimum absolute atomic E-state index is 0.132. The summed E-state index contributed by atoms with van der Waals surface area (Å²) in [6.45, 7) is 0. The molecule has 1 N–H and O–H groups in total. The van der Waals surface area contributed by atoms with Crippen LogP contribution in [0.1, 0.15) is 11.4 Å².